The maximum atomic E-state index is 10.8. The molecule has 0 fully saturated rings. The topological polar surface area (TPSA) is 53.4 Å². The summed E-state index contributed by atoms with van der Waals surface area (Å²) in [7, 11) is 0. The van der Waals surface area contributed by atoms with Crippen LogP contribution in [0, 0.1) is 6.92 Å². The van der Waals surface area contributed by atoms with E-state index in [1.807, 2.05) is 41.5 Å². The summed E-state index contributed by atoms with van der Waals surface area (Å²) in [5, 5.41) is 12.3. The quantitative estimate of drug-likeness (QED) is 0.886. The summed E-state index contributed by atoms with van der Waals surface area (Å²) < 4.78 is 0. The fourth-order valence-corrected chi connectivity index (χ4v) is 2.86. The van der Waals surface area contributed by atoms with Crippen molar-refractivity contribution >= 4 is 34.0 Å². The zero-order valence-electron chi connectivity index (χ0n) is 11.0. The zero-order valence-corrected chi connectivity index (χ0v) is 12.6. The minimum atomic E-state index is -0.811. The molecule has 0 radical (unpaired) electrons. The highest BCUT2D eigenvalue weighted by atomic mass is 35.5. The Morgan fingerprint density at radius 3 is 2.90 bits per heavy atom. The molecular weight excluding hydrogens is 296 g/mol. The molecule has 6 heteroatoms. The van der Waals surface area contributed by atoms with E-state index in [1.165, 1.54) is 11.3 Å². The number of hydrogen-bond donors (Lipinski definition) is 1. The van der Waals surface area contributed by atoms with Gasteiger partial charge in [-0.2, -0.15) is 0 Å². The Hall–Kier alpha value is -1.59. The Kier molecular flexibility index (Phi) is 4.98. The minimum Gasteiger partial charge on any atom is -0.481 e. The van der Waals surface area contributed by atoms with Crippen LogP contribution in [0.3, 0.4) is 0 Å². The number of carboxylic acids is 1. The lowest BCUT2D eigenvalue weighted by molar-refractivity contribution is -0.136. The van der Waals surface area contributed by atoms with E-state index in [9.17, 15) is 4.79 Å². The van der Waals surface area contributed by atoms with E-state index in [1.54, 1.807) is 0 Å². The highest BCUT2D eigenvalue weighted by Crippen LogP contribution is 2.23. The Morgan fingerprint density at radius 1 is 1.50 bits per heavy atom. The summed E-state index contributed by atoms with van der Waals surface area (Å²) in [6, 6.07) is 7.57. The molecule has 1 N–H and O–H groups in total. The van der Waals surface area contributed by atoms with E-state index in [4.69, 9.17) is 16.7 Å². The second-order valence-corrected chi connectivity index (χ2v) is 5.74. The lowest BCUT2D eigenvalue weighted by Gasteiger charge is -2.21. The maximum absolute atomic E-state index is 10.8. The number of aliphatic carboxylic acids is 1. The number of nitrogens with zero attached hydrogens (tertiary/aromatic N) is 2. The highest BCUT2D eigenvalue weighted by Gasteiger charge is 2.13. The van der Waals surface area contributed by atoms with Crippen molar-refractivity contribution in [2.75, 3.05) is 11.4 Å². The van der Waals surface area contributed by atoms with E-state index in [0.29, 0.717) is 18.1 Å². The van der Waals surface area contributed by atoms with Crippen molar-refractivity contribution in [3.8, 4) is 0 Å². The third-order valence-corrected chi connectivity index (χ3v) is 3.99. The first kappa shape index (κ1) is 14.8. The van der Waals surface area contributed by atoms with Gasteiger partial charge in [-0.15, -0.1) is 11.3 Å². The second kappa shape index (κ2) is 6.72. The van der Waals surface area contributed by atoms with Crippen LogP contribution in [0.5, 0.6) is 0 Å². The van der Waals surface area contributed by atoms with Gasteiger partial charge in [-0.25, -0.2) is 4.98 Å². The Morgan fingerprint density at radius 2 is 2.30 bits per heavy atom. The van der Waals surface area contributed by atoms with Crippen LogP contribution in [0.15, 0.2) is 29.6 Å². The molecule has 106 valence electrons. The Bertz CT molecular complexity index is 600. The molecule has 0 unspecified atom stereocenters. The lowest BCUT2D eigenvalue weighted by Crippen LogP contribution is -2.25. The minimum absolute atomic E-state index is 0.0825. The summed E-state index contributed by atoms with van der Waals surface area (Å²) in [4.78, 5) is 17.2. The largest absolute Gasteiger partial charge is 0.481 e. The molecule has 4 nitrogen and oxygen atoms in total. The molecule has 0 aliphatic carbocycles. The standard InChI is InChI=1S/C14H15ClN2O2S/c1-10-9-20-14(16-10)17(6-5-13(18)19)8-11-3-2-4-12(15)7-11/h2-4,7,9H,5-6,8H2,1H3,(H,18,19). The zero-order chi connectivity index (χ0) is 14.5. The smallest absolute Gasteiger partial charge is 0.305 e. The van der Waals surface area contributed by atoms with Crippen LogP contribution in [-0.4, -0.2) is 22.6 Å². The average Bonchev–Trinajstić information content (AvgIpc) is 2.81. The maximum Gasteiger partial charge on any atom is 0.305 e. The first-order valence-corrected chi connectivity index (χ1v) is 7.43. The Labute approximate surface area is 126 Å². The van der Waals surface area contributed by atoms with Crippen LogP contribution < -0.4 is 4.90 Å². The summed E-state index contributed by atoms with van der Waals surface area (Å²) >= 11 is 7.50. The number of carboxylic acid groups (broad SMARTS) is 1. The molecular formula is C14H15ClN2O2S. The molecule has 0 spiro atoms. The van der Waals surface area contributed by atoms with Gasteiger partial charge in [-0.1, -0.05) is 23.7 Å². The predicted molar refractivity (Wildman–Crippen MR) is 81.6 cm³/mol. The number of aryl methyl sites for hydroxylation is 1. The SMILES string of the molecule is Cc1csc(N(CCC(=O)O)Cc2cccc(Cl)c2)n1. The number of halogens is 1. The van der Waals surface area contributed by atoms with E-state index in [2.05, 4.69) is 4.98 Å². The number of benzene rings is 1. The first-order valence-electron chi connectivity index (χ1n) is 6.18. The molecule has 2 rings (SSSR count). The van der Waals surface area contributed by atoms with Crippen molar-refractivity contribution in [1.82, 2.24) is 4.98 Å². The van der Waals surface area contributed by atoms with Crippen molar-refractivity contribution in [1.29, 1.82) is 0 Å². The monoisotopic (exact) mass is 310 g/mol. The van der Waals surface area contributed by atoms with Crippen LogP contribution in [0.25, 0.3) is 0 Å². The third kappa shape index (κ3) is 4.21. The molecule has 0 bridgehead atoms. The van der Waals surface area contributed by atoms with Crippen molar-refractivity contribution in [3.63, 3.8) is 0 Å². The van der Waals surface area contributed by atoms with Crippen LogP contribution in [0.4, 0.5) is 5.13 Å². The Balaban J connectivity index is 2.15. The van der Waals surface area contributed by atoms with Crippen molar-refractivity contribution in [3.05, 3.63) is 45.9 Å². The van der Waals surface area contributed by atoms with Gasteiger partial charge in [-0.3, -0.25) is 4.79 Å². The number of anilines is 1. The molecule has 0 atom stereocenters. The van der Waals surface area contributed by atoms with Gasteiger partial charge in [0.05, 0.1) is 12.1 Å². The molecule has 1 aromatic carbocycles. The number of rotatable bonds is 6. The van der Waals surface area contributed by atoms with Gasteiger partial charge in [0.1, 0.15) is 0 Å². The van der Waals surface area contributed by atoms with Crippen molar-refractivity contribution in [2.24, 2.45) is 0 Å². The van der Waals surface area contributed by atoms with Gasteiger partial charge in [0.15, 0.2) is 5.13 Å². The summed E-state index contributed by atoms with van der Waals surface area (Å²) in [5.41, 5.74) is 1.98. The van der Waals surface area contributed by atoms with E-state index in [-0.39, 0.29) is 6.42 Å². The van der Waals surface area contributed by atoms with Gasteiger partial charge in [0.25, 0.3) is 0 Å². The highest BCUT2D eigenvalue weighted by molar-refractivity contribution is 7.13. The summed E-state index contributed by atoms with van der Waals surface area (Å²) in [6.07, 6.45) is 0.0825. The number of thiazole rings is 1. The van der Waals surface area contributed by atoms with E-state index in [0.717, 1.165) is 16.4 Å². The molecule has 0 saturated carbocycles. The average molecular weight is 311 g/mol. The van der Waals surface area contributed by atoms with Crippen LogP contribution in [0.1, 0.15) is 17.7 Å². The van der Waals surface area contributed by atoms with E-state index < -0.39 is 5.97 Å². The lowest BCUT2D eigenvalue weighted by atomic mass is 10.2. The van der Waals surface area contributed by atoms with Gasteiger partial charge in [0, 0.05) is 23.5 Å². The number of carbonyl (C=O) groups is 1. The van der Waals surface area contributed by atoms with Gasteiger partial charge in [0.2, 0.25) is 0 Å². The van der Waals surface area contributed by atoms with Crippen LogP contribution in [-0.2, 0) is 11.3 Å². The molecule has 1 aromatic heterocycles. The molecule has 0 saturated heterocycles. The molecule has 20 heavy (non-hydrogen) atoms. The predicted octanol–water partition coefficient (Wildman–Crippen LogP) is 3.59. The van der Waals surface area contributed by atoms with Gasteiger partial charge in [-0.05, 0) is 24.6 Å². The normalized spacial score (nSPS) is 10.5. The van der Waals surface area contributed by atoms with Gasteiger partial charge < -0.3 is 10.0 Å². The number of hydrogen-bond acceptors (Lipinski definition) is 4. The fraction of sp³-hybridized carbons (Fsp3) is 0.286. The first-order chi connectivity index (χ1) is 9.54. The second-order valence-electron chi connectivity index (χ2n) is 4.47. The van der Waals surface area contributed by atoms with Crippen molar-refractivity contribution in [2.45, 2.75) is 19.9 Å². The molecule has 1 heterocycles. The van der Waals surface area contributed by atoms with Crippen LogP contribution >= 0.6 is 22.9 Å². The third-order valence-electron chi connectivity index (χ3n) is 2.74. The van der Waals surface area contributed by atoms with Gasteiger partial charge >= 0.3 is 5.97 Å². The number of aromatic nitrogens is 1. The van der Waals surface area contributed by atoms with Crippen LogP contribution in [0.2, 0.25) is 5.02 Å². The fourth-order valence-electron chi connectivity index (χ4n) is 1.82. The van der Waals surface area contributed by atoms with Crippen molar-refractivity contribution < 1.29 is 9.90 Å². The molecule has 2 aromatic rings. The van der Waals surface area contributed by atoms with E-state index >= 15 is 0 Å². The molecule has 0 amide bonds. The molecule has 0 aliphatic rings. The summed E-state index contributed by atoms with van der Waals surface area (Å²) in [5.74, 6) is -0.811. The summed E-state index contributed by atoms with van der Waals surface area (Å²) in [6.45, 7) is 2.95. The molecule has 0 aliphatic heterocycles.